The molecule has 2 aromatic carbocycles. The summed E-state index contributed by atoms with van der Waals surface area (Å²) in [4.78, 5) is 33.7. The van der Waals surface area contributed by atoms with Gasteiger partial charge in [-0.3, -0.25) is 4.79 Å². The zero-order valence-corrected chi connectivity index (χ0v) is 22.5. The molecule has 0 radical (unpaired) electrons. The lowest BCUT2D eigenvalue weighted by molar-refractivity contribution is 0.0433. The molecule has 4 aromatic rings. The number of ether oxygens (including phenoxy) is 1. The van der Waals surface area contributed by atoms with E-state index in [0.717, 1.165) is 6.07 Å². The molecular weight excluding hydrogens is 566 g/mol. The minimum Gasteiger partial charge on any atom is -0.491 e. The van der Waals surface area contributed by atoms with Gasteiger partial charge in [0.25, 0.3) is 5.91 Å². The molecule has 1 atom stereocenters. The number of nitrogen functional groups attached to an aromatic ring is 1. The maximum absolute atomic E-state index is 15.8. The molecule has 2 aliphatic rings. The number of nitrogens with zero attached hydrogens (tertiary/aromatic N) is 5. The van der Waals surface area contributed by atoms with E-state index in [2.05, 4.69) is 11.1 Å². The van der Waals surface area contributed by atoms with E-state index in [1.54, 1.807) is 28.0 Å². The first-order valence-electron chi connectivity index (χ1n) is 12.0. The van der Waals surface area contributed by atoms with Crippen LogP contribution in [0.3, 0.4) is 0 Å². The molecular formula is C26H19Cl2FN6O3S. The number of halogens is 3. The quantitative estimate of drug-likeness (QED) is 0.327. The van der Waals surface area contributed by atoms with Gasteiger partial charge in [0, 0.05) is 54.1 Å². The first-order chi connectivity index (χ1) is 18.8. The van der Waals surface area contributed by atoms with Gasteiger partial charge < -0.3 is 20.3 Å². The van der Waals surface area contributed by atoms with Crippen molar-refractivity contribution >= 4 is 61.6 Å². The highest BCUT2D eigenvalue weighted by atomic mass is 35.5. The van der Waals surface area contributed by atoms with Crippen molar-refractivity contribution in [2.45, 2.75) is 12.5 Å². The van der Waals surface area contributed by atoms with Crippen LogP contribution >= 0.6 is 34.5 Å². The van der Waals surface area contributed by atoms with Crippen LogP contribution in [0.15, 0.2) is 36.7 Å². The molecule has 2 N–H and O–H groups in total. The number of carbonyl (C=O) groups excluding carboxylic acids is 2. The van der Waals surface area contributed by atoms with E-state index in [1.165, 1.54) is 28.3 Å². The van der Waals surface area contributed by atoms with Crippen LogP contribution in [-0.4, -0.2) is 63.6 Å². The van der Waals surface area contributed by atoms with Gasteiger partial charge in [0.05, 0.1) is 28.8 Å². The van der Waals surface area contributed by atoms with Gasteiger partial charge in [-0.25, -0.2) is 18.7 Å². The van der Waals surface area contributed by atoms with Crippen LogP contribution in [-0.2, 0) is 0 Å². The minimum absolute atomic E-state index is 0.000828. The zero-order valence-electron chi connectivity index (χ0n) is 20.2. The standard InChI is InChI=1S/C26H19Cl2FN6O3S/c27-21-20(14-2-1-3-18-19(14)16(11-30)23(31)39-18)17(29)10-15-22(21)38-9-4-13-12-33(7-8-34(13)24(15)36)26(37)35-6-5-32-25(35)28/h1-3,5-6,10,13H,4,7-9,12,31H2. The largest absolute Gasteiger partial charge is 0.491 e. The molecule has 2 amide bonds. The second kappa shape index (κ2) is 9.72. The van der Waals surface area contributed by atoms with Crippen molar-refractivity contribution < 1.29 is 18.7 Å². The molecule has 198 valence electrons. The Labute approximate surface area is 235 Å². The lowest BCUT2D eigenvalue weighted by atomic mass is 9.96. The average Bonchev–Trinajstić information content (AvgIpc) is 3.49. The maximum Gasteiger partial charge on any atom is 0.330 e. The molecule has 0 saturated carbocycles. The van der Waals surface area contributed by atoms with Crippen molar-refractivity contribution in [1.29, 1.82) is 5.26 Å². The summed E-state index contributed by atoms with van der Waals surface area (Å²) < 4.78 is 23.7. The summed E-state index contributed by atoms with van der Waals surface area (Å²) in [5.74, 6) is -1.08. The fourth-order valence-corrected chi connectivity index (χ4v) is 6.69. The van der Waals surface area contributed by atoms with Crippen molar-refractivity contribution in [3.63, 3.8) is 0 Å². The summed E-state index contributed by atoms with van der Waals surface area (Å²) in [7, 11) is 0. The van der Waals surface area contributed by atoms with E-state index in [-0.39, 0.29) is 71.1 Å². The Morgan fingerprint density at radius 3 is 2.85 bits per heavy atom. The number of carbonyl (C=O) groups is 2. The Kier molecular flexibility index (Phi) is 6.33. The van der Waals surface area contributed by atoms with E-state index in [1.807, 2.05) is 0 Å². The number of imidazole rings is 1. The highest BCUT2D eigenvalue weighted by Gasteiger charge is 2.37. The van der Waals surface area contributed by atoms with Gasteiger partial charge in [-0.1, -0.05) is 23.7 Å². The summed E-state index contributed by atoms with van der Waals surface area (Å²) >= 11 is 14.0. The highest BCUT2D eigenvalue weighted by molar-refractivity contribution is 7.23. The van der Waals surface area contributed by atoms with Crippen LogP contribution < -0.4 is 10.5 Å². The smallest absolute Gasteiger partial charge is 0.330 e. The molecule has 1 fully saturated rings. The number of thiophene rings is 1. The number of aromatic nitrogens is 2. The summed E-state index contributed by atoms with van der Waals surface area (Å²) in [6.45, 7) is 0.934. The van der Waals surface area contributed by atoms with Gasteiger partial charge in [0.2, 0.25) is 5.28 Å². The van der Waals surface area contributed by atoms with E-state index in [0.29, 0.717) is 27.1 Å². The zero-order chi connectivity index (χ0) is 27.4. The monoisotopic (exact) mass is 584 g/mol. The number of fused-ring (bicyclic) bond motifs is 3. The third kappa shape index (κ3) is 4.07. The predicted octanol–water partition coefficient (Wildman–Crippen LogP) is 5.24. The summed E-state index contributed by atoms with van der Waals surface area (Å²) in [6, 6.07) is 7.72. The topological polar surface area (TPSA) is 117 Å². The SMILES string of the molecule is N#Cc1c(N)sc2cccc(-c3c(F)cc4c(c3Cl)OCCC3CN(C(=O)n5ccnc5Cl)CCN3C4=O)c12. The van der Waals surface area contributed by atoms with Crippen LogP contribution in [0.25, 0.3) is 21.2 Å². The number of amides is 2. The molecule has 2 aliphatic heterocycles. The van der Waals surface area contributed by atoms with Crippen LogP contribution in [0.4, 0.5) is 14.2 Å². The predicted molar refractivity (Wildman–Crippen MR) is 146 cm³/mol. The summed E-state index contributed by atoms with van der Waals surface area (Å²) in [5.41, 5.74) is 6.71. The van der Waals surface area contributed by atoms with Crippen LogP contribution in [0.5, 0.6) is 5.75 Å². The fraction of sp³-hybridized carbons (Fsp3) is 0.231. The Balaban J connectivity index is 1.37. The van der Waals surface area contributed by atoms with Gasteiger partial charge in [-0.2, -0.15) is 5.26 Å². The normalized spacial score (nSPS) is 17.2. The number of benzene rings is 2. The first kappa shape index (κ1) is 25.4. The molecule has 0 spiro atoms. The lowest BCUT2D eigenvalue weighted by Gasteiger charge is -2.42. The highest BCUT2D eigenvalue weighted by Crippen LogP contribution is 2.46. The Morgan fingerprint density at radius 1 is 1.28 bits per heavy atom. The molecule has 39 heavy (non-hydrogen) atoms. The molecule has 6 rings (SSSR count). The van der Waals surface area contributed by atoms with Crippen molar-refractivity contribution in [1.82, 2.24) is 19.4 Å². The third-order valence-electron chi connectivity index (χ3n) is 7.04. The third-order valence-corrected chi connectivity index (χ3v) is 8.67. The van der Waals surface area contributed by atoms with E-state index >= 15 is 4.39 Å². The number of nitrogens with two attached hydrogens (primary N) is 1. The van der Waals surface area contributed by atoms with Crippen LogP contribution in [0.2, 0.25) is 10.3 Å². The number of hydrogen-bond donors (Lipinski definition) is 1. The number of rotatable bonds is 1. The van der Waals surface area contributed by atoms with E-state index < -0.39 is 11.7 Å². The number of piperazine rings is 1. The average molecular weight is 585 g/mol. The summed E-state index contributed by atoms with van der Waals surface area (Å²) in [5, 5.41) is 10.5. The Morgan fingerprint density at radius 2 is 2.10 bits per heavy atom. The number of nitriles is 1. The van der Waals surface area contributed by atoms with E-state index in [9.17, 15) is 14.9 Å². The number of anilines is 1. The Hall–Kier alpha value is -3.85. The van der Waals surface area contributed by atoms with Gasteiger partial charge in [0.15, 0.2) is 5.75 Å². The minimum atomic E-state index is -0.724. The summed E-state index contributed by atoms with van der Waals surface area (Å²) in [6.07, 6.45) is 3.33. The molecule has 1 unspecified atom stereocenters. The van der Waals surface area contributed by atoms with Crippen molar-refractivity contribution in [2.24, 2.45) is 0 Å². The van der Waals surface area contributed by atoms with Gasteiger partial charge in [-0.15, -0.1) is 11.3 Å². The molecule has 0 bridgehead atoms. The van der Waals surface area contributed by atoms with Crippen molar-refractivity contribution in [2.75, 3.05) is 32.0 Å². The second-order valence-electron chi connectivity index (χ2n) is 9.14. The second-order valence-corrected chi connectivity index (χ2v) is 10.9. The molecule has 1 saturated heterocycles. The molecule has 0 aliphatic carbocycles. The lowest BCUT2D eigenvalue weighted by Crippen LogP contribution is -2.58. The molecule has 2 aromatic heterocycles. The molecule has 4 heterocycles. The van der Waals surface area contributed by atoms with Gasteiger partial charge >= 0.3 is 6.03 Å². The number of hydrogen-bond acceptors (Lipinski definition) is 7. The van der Waals surface area contributed by atoms with Crippen molar-refractivity contribution in [3.8, 4) is 22.9 Å². The fourth-order valence-electron chi connectivity index (χ4n) is 5.21. The van der Waals surface area contributed by atoms with Gasteiger partial charge in [0.1, 0.15) is 16.9 Å². The first-order valence-corrected chi connectivity index (χ1v) is 13.5. The Bertz CT molecular complexity index is 1710. The van der Waals surface area contributed by atoms with E-state index in [4.69, 9.17) is 33.7 Å². The maximum atomic E-state index is 15.8. The van der Waals surface area contributed by atoms with Crippen molar-refractivity contribution in [3.05, 3.63) is 63.9 Å². The van der Waals surface area contributed by atoms with Crippen LogP contribution in [0, 0.1) is 17.1 Å². The van der Waals surface area contributed by atoms with Gasteiger partial charge in [-0.05, 0) is 29.3 Å². The molecule has 13 heteroatoms. The molecule has 9 nitrogen and oxygen atoms in total. The van der Waals surface area contributed by atoms with Crippen LogP contribution in [0.1, 0.15) is 22.3 Å².